The number of anilines is 1. The van der Waals surface area contributed by atoms with Crippen LogP contribution in [0.15, 0.2) is 23.4 Å². The summed E-state index contributed by atoms with van der Waals surface area (Å²) in [5.41, 5.74) is 8.39. The number of carbonyl (C=O) groups is 2. The van der Waals surface area contributed by atoms with Crippen LogP contribution >= 0.6 is 11.6 Å². The molecule has 0 unspecified atom stereocenters. The van der Waals surface area contributed by atoms with Crippen LogP contribution in [0.1, 0.15) is 29.8 Å². The third kappa shape index (κ3) is 4.49. The Balaban J connectivity index is 2.97. The highest BCUT2D eigenvalue weighted by Crippen LogP contribution is 2.24. The highest BCUT2D eigenvalue weighted by molar-refractivity contribution is 6.31. The van der Waals surface area contributed by atoms with Gasteiger partial charge in [-0.05, 0) is 38.5 Å². The van der Waals surface area contributed by atoms with Crippen molar-refractivity contribution in [2.75, 3.05) is 18.4 Å². The van der Waals surface area contributed by atoms with Gasteiger partial charge in [-0.2, -0.15) is 0 Å². The average Bonchev–Trinajstić information content (AvgIpc) is 2.42. The largest absolute Gasteiger partial charge is 0.402 e. The highest BCUT2D eigenvalue weighted by Gasteiger charge is 2.14. The van der Waals surface area contributed by atoms with Crippen molar-refractivity contribution in [1.29, 1.82) is 0 Å². The van der Waals surface area contributed by atoms with Crippen LogP contribution in [0.3, 0.4) is 0 Å². The molecule has 0 heterocycles. The second-order valence-corrected chi connectivity index (χ2v) is 5.10. The molecule has 4 N–H and O–H groups in total. The topological polar surface area (TPSA) is 84.2 Å². The minimum absolute atomic E-state index is 0.0904. The summed E-state index contributed by atoms with van der Waals surface area (Å²) in [5.74, 6) is -0.297. The molecule has 0 atom stereocenters. The normalized spacial score (nSPS) is 11.6. The van der Waals surface area contributed by atoms with Crippen molar-refractivity contribution >= 4 is 29.5 Å². The number of benzene rings is 1. The first-order valence-electron chi connectivity index (χ1n) is 6.63. The van der Waals surface area contributed by atoms with Gasteiger partial charge in [-0.3, -0.25) is 9.59 Å². The quantitative estimate of drug-likeness (QED) is 0.556. The highest BCUT2D eigenvalue weighted by atomic mass is 35.5. The average molecular weight is 310 g/mol. The fraction of sp³-hybridized carbons (Fsp3) is 0.333. The molecular formula is C15H20ClN3O2. The maximum absolute atomic E-state index is 12.2. The number of aldehydes is 1. The molecule has 0 aliphatic carbocycles. The molecule has 0 saturated carbocycles. The van der Waals surface area contributed by atoms with E-state index in [1.54, 1.807) is 19.1 Å². The number of halogens is 1. The van der Waals surface area contributed by atoms with Gasteiger partial charge in [0.05, 0.1) is 0 Å². The molecule has 6 heteroatoms. The number of hydrogen-bond donors (Lipinski definition) is 3. The van der Waals surface area contributed by atoms with Crippen LogP contribution in [0.5, 0.6) is 0 Å². The molecule has 1 aromatic rings. The lowest BCUT2D eigenvalue weighted by Crippen LogP contribution is -2.28. The fourth-order valence-electron chi connectivity index (χ4n) is 1.83. The van der Waals surface area contributed by atoms with Crippen LogP contribution < -0.4 is 16.4 Å². The molecular weight excluding hydrogens is 290 g/mol. The molecule has 1 aromatic carbocycles. The predicted molar refractivity (Wildman–Crippen MR) is 85.6 cm³/mol. The van der Waals surface area contributed by atoms with E-state index in [9.17, 15) is 9.59 Å². The number of nitrogens with two attached hydrogens (primary N) is 1. The van der Waals surface area contributed by atoms with Crippen LogP contribution in [0, 0.1) is 6.92 Å². The lowest BCUT2D eigenvalue weighted by molar-refractivity contribution is -0.105. The molecule has 0 aromatic heterocycles. The molecule has 1 amide bonds. The minimum Gasteiger partial charge on any atom is -0.402 e. The SMILES string of the molecule is CCNc1cc(Cl)cc(C(=O)NC/C(C=O)=C(\C)N)c1C. The van der Waals surface area contributed by atoms with E-state index in [1.807, 2.05) is 13.8 Å². The zero-order valence-electron chi connectivity index (χ0n) is 12.4. The standard InChI is InChI=1S/C15H20ClN3O2/c1-4-18-14-6-12(16)5-13(9(14)2)15(21)19-7-11(8-20)10(3)17/h5-6,8,18H,4,7,17H2,1-3H3,(H,19,21)/b11-10-. The van der Waals surface area contributed by atoms with Crippen molar-refractivity contribution in [2.45, 2.75) is 20.8 Å². The lowest BCUT2D eigenvalue weighted by atomic mass is 10.1. The van der Waals surface area contributed by atoms with Gasteiger partial charge in [0.15, 0.2) is 0 Å². The first kappa shape index (κ1) is 17.0. The predicted octanol–water partition coefficient (Wildman–Crippen LogP) is 2.24. The van der Waals surface area contributed by atoms with Crippen LogP contribution in [0.25, 0.3) is 0 Å². The Morgan fingerprint density at radius 2 is 2.10 bits per heavy atom. The van der Waals surface area contributed by atoms with Gasteiger partial charge in [-0.25, -0.2) is 0 Å². The summed E-state index contributed by atoms with van der Waals surface area (Å²) in [4.78, 5) is 23.1. The Morgan fingerprint density at radius 1 is 1.43 bits per heavy atom. The van der Waals surface area contributed by atoms with Crippen molar-refractivity contribution < 1.29 is 9.59 Å². The van der Waals surface area contributed by atoms with Crippen molar-refractivity contribution in [2.24, 2.45) is 5.73 Å². The maximum Gasteiger partial charge on any atom is 0.251 e. The first-order chi connectivity index (χ1) is 9.90. The number of allylic oxidation sites excluding steroid dienone is 1. The molecule has 0 aliphatic heterocycles. The van der Waals surface area contributed by atoms with Gasteiger partial charge in [0.25, 0.3) is 5.91 Å². The summed E-state index contributed by atoms with van der Waals surface area (Å²) in [6.07, 6.45) is 0.643. The van der Waals surface area contributed by atoms with E-state index in [0.29, 0.717) is 28.1 Å². The van der Waals surface area contributed by atoms with Gasteiger partial charge in [-0.1, -0.05) is 11.6 Å². The van der Waals surface area contributed by atoms with E-state index in [2.05, 4.69) is 10.6 Å². The number of amides is 1. The van der Waals surface area contributed by atoms with Crippen LogP contribution in [-0.2, 0) is 4.79 Å². The summed E-state index contributed by atoms with van der Waals surface area (Å²) >= 11 is 6.04. The summed E-state index contributed by atoms with van der Waals surface area (Å²) in [6.45, 7) is 6.24. The van der Waals surface area contributed by atoms with E-state index >= 15 is 0 Å². The second kappa shape index (κ2) is 7.69. The van der Waals surface area contributed by atoms with Gasteiger partial charge in [0.2, 0.25) is 0 Å². The van der Waals surface area contributed by atoms with Gasteiger partial charge in [-0.15, -0.1) is 0 Å². The Morgan fingerprint density at radius 3 is 2.62 bits per heavy atom. The van der Waals surface area contributed by atoms with Gasteiger partial charge < -0.3 is 16.4 Å². The lowest BCUT2D eigenvalue weighted by Gasteiger charge is -2.13. The van der Waals surface area contributed by atoms with E-state index in [4.69, 9.17) is 17.3 Å². The number of nitrogens with one attached hydrogen (secondary N) is 2. The fourth-order valence-corrected chi connectivity index (χ4v) is 2.05. The van der Waals surface area contributed by atoms with E-state index in [0.717, 1.165) is 17.8 Å². The van der Waals surface area contributed by atoms with Crippen molar-refractivity contribution in [3.05, 3.63) is 39.6 Å². The van der Waals surface area contributed by atoms with Gasteiger partial charge >= 0.3 is 0 Å². The van der Waals surface area contributed by atoms with Crippen molar-refractivity contribution in [3.63, 3.8) is 0 Å². The summed E-state index contributed by atoms with van der Waals surface area (Å²) in [7, 11) is 0. The van der Waals surface area contributed by atoms with E-state index < -0.39 is 0 Å². The molecule has 5 nitrogen and oxygen atoms in total. The maximum atomic E-state index is 12.2. The zero-order valence-corrected chi connectivity index (χ0v) is 13.2. The van der Waals surface area contributed by atoms with Crippen LogP contribution in [0.2, 0.25) is 5.02 Å². The van der Waals surface area contributed by atoms with Crippen LogP contribution in [0.4, 0.5) is 5.69 Å². The molecule has 1 rings (SSSR count). The Labute approximate surface area is 129 Å². The summed E-state index contributed by atoms with van der Waals surface area (Å²) < 4.78 is 0. The minimum atomic E-state index is -0.297. The van der Waals surface area contributed by atoms with Gasteiger partial charge in [0, 0.05) is 40.6 Å². The van der Waals surface area contributed by atoms with Crippen molar-refractivity contribution in [1.82, 2.24) is 5.32 Å². The molecule has 0 fully saturated rings. The van der Waals surface area contributed by atoms with E-state index in [1.165, 1.54) is 0 Å². The Hall–Kier alpha value is -2.01. The number of hydrogen-bond acceptors (Lipinski definition) is 4. The third-order valence-corrected chi connectivity index (χ3v) is 3.29. The molecule has 0 bridgehead atoms. The van der Waals surface area contributed by atoms with Crippen LogP contribution in [-0.4, -0.2) is 25.3 Å². The number of carbonyl (C=O) groups excluding carboxylic acids is 2. The number of rotatable bonds is 6. The Bertz CT molecular complexity index is 579. The van der Waals surface area contributed by atoms with Crippen molar-refractivity contribution in [3.8, 4) is 0 Å². The Kier molecular flexibility index (Phi) is 6.24. The first-order valence-corrected chi connectivity index (χ1v) is 7.01. The molecule has 21 heavy (non-hydrogen) atoms. The molecule has 0 aliphatic rings. The molecule has 114 valence electrons. The molecule has 0 saturated heterocycles. The molecule has 0 radical (unpaired) electrons. The van der Waals surface area contributed by atoms with Gasteiger partial charge in [0.1, 0.15) is 6.29 Å². The summed E-state index contributed by atoms with van der Waals surface area (Å²) in [6, 6.07) is 3.38. The van der Waals surface area contributed by atoms with E-state index in [-0.39, 0.29) is 12.5 Å². The monoisotopic (exact) mass is 309 g/mol. The second-order valence-electron chi connectivity index (χ2n) is 4.67. The third-order valence-electron chi connectivity index (χ3n) is 3.07. The summed E-state index contributed by atoms with van der Waals surface area (Å²) in [5, 5.41) is 6.31. The molecule has 0 spiro atoms. The zero-order chi connectivity index (χ0) is 16.0. The smallest absolute Gasteiger partial charge is 0.251 e.